The van der Waals surface area contributed by atoms with E-state index in [0.29, 0.717) is 5.56 Å². The molecule has 0 bridgehead atoms. The maximum atomic E-state index is 11.1. The molecule has 0 amide bonds. The Morgan fingerprint density at radius 3 is 2.68 bits per heavy atom. The van der Waals surface area contributed by atoms with Gasteiger partial charge in [0.2, 0.25) is 0 Å². The molecule has 2 rings (SSSR count). The van der Waals surface area contributed by atoms with Gasteiger partial charge in [0.15, 0.2) is 6.29 Å². The fourth-order valence-corrected chi connectivity index (χ4v) is 2.21. The highest BCUT2D eigenvalue weighted by Crippen LogP contribution is 2.30. The zero-order valence-corrected chi connectivity index (χ0v) is 12.3. The van der Waals surface area contributed by atoms with Crippen molar-refractivity contribution in [2.45, 2.75) is 0 Å². The maximum absolute atomic E-state index is 11.1. The van der Waals surface area contributed by atoms with Gasteiger partial charge in [-0.05, 0) is 30.3 Å². The molecule has 0 saturated carbocycles. The fourth-order valence-electron chi connectivity index (χ4n) is 1.87. The molecule has 0 N–H and O–H groups in total. The van der Waals surface area contributed by atoms with E-state index in [9.17, 15) is 4.79 Å². The Kier molecular flexibility index (Phi) is 4.22. The average Bonchev–Trinajstić information content (AvgIpc) is 2.46. The van der Waals surface area contributed by atoms with Crippen LogP contribution in [0.1, 0.15) is 10.4 Å². The third-order valence-corrected chi connectivity index (χ3v) is 3.41. The molecule has 0 aliphatic heterocycles. The number of aldehydes is 1. The molecule has 98 valence electrons. The van der Waals surface area contributed by atoms with E-state index in [1.54, 1.807) is 13.2 Å². The van der Waals surface area contributed by atoms with E-state index in [2.05, 4.69) is 15.9 Å². The van der Waals surface area contributed by atoms with Crippen molar-refractivity contribution in [3.05, 3.63) is 52.5 Å². The lowest BCUT2D eigenvalue weighted by Gasteiger charge is -2.21. The van der Waals surface area contributed by atoms with Gasteiger partial charge in [-0.2, -0.15) is 0 Å². The minimum Gasteiger partial charge on any atom is -0.497 e. The number of methoxy groups -OCH3 is 1. The van der Waals surface area contributed by atoms with Crippen LogP contribution in [0.3, 0.4) is 0 Å². The highest BCUT2D eigenvalue weighted by atomic mass is 79.9. The monoisotopic (exact) mass is 319 g/mol. The van der Waals surface area contributed by atoms with E-state index in [0.717, 1.165) is 27.9 Å². The van der Waals surface area contributed by atoms with E-state index in [-0.39, 0.29) is 0 Å². The molecular weight excluding hydrogens is 306 g/mol. The summed E-state index contributed by atoms with van der Waals surface area (Å²) in [6.07, 6.45) is 0.860. The van der Waals surface area contributed by atoms with Crippen LogP contribution < -0.4 is 9.64 Å². The smallest absolute Gasteiger partial charge is 0.152 e. The summed E-state index contributed by atoms with van der Waals surface area (Å²) in [7, 11) is 3.55. The molecule has 0 aliphatic rings. The molecule has 0 atom stereocenters. The average molecular weight is 320 g/mol. The Hall–Kier alpha value is -1.81. The van der Waals surface area contributed by atoms with Gasteiger partial charge in [0.1, 0.15) is 5.75 Å². The lowest BCUT2D eigenvalue weighted by molar-refractivity contribution is 0.112. The molecule has 3 nitrogen and oxygen atoms in total. The Morgan fingerprint density at radius 2 is 2.00 bits per heavy atom. The molecule has 19 heavy (non-hydrogen) atoms. The molecule has 2 aromatic rings. The predicted octanol–water partition coefficient (Wildman–Crippen LogP) is 4.04. The van der Waals surface area contributed by atoms with Crippen molar-refractivity contribution in [3.8, 4) is 5.75 Å². The first-order valence-corrected chi connectivity index (χ1v) is 6.57. The minimum absolute atomic E-state index is 0.647. The zero-order valence-electron chi connectivity index (χ0n) is 10.8. The van der Waals surface area contributed by atoms with Gasteiger partial charge >= 0.3 is 0 Å². The summed E-state index contributed by atoms with van der Waals surface area (Å²) in [5.74, 6) is 0.784. The van der Waals surface area contributed by atoms with Gasteiger partial charge in [-0.1, -0.05) is 22.0 Å². The first-order valence-electron chi connectivity index (χ1n) is 5.78. The van der Waals surface area contributed by atoms with Crippen LogP contribution in [0.4, 0.5) is 11.4 Å². The summed E-state index contributed by atoms with van der Waals surface area (Å²) < 4.78 is 6.15. The molecule has 4 heteroatoms. The number of benzene rings is 2. The lowest BCUT2D eigenvalue weighted by Crippen LogP contribution is -2.11. The second kappa shape index (κ2) is 5.89. The van der Waals surface area contributed by atoms with Gasteiger partial charge in [0.05, 0.1) is 12.8 Å². The second-order valence-electron chi connectivity index (χ2n) is 4.08. The molecule has 0 radical (unpaired) electrons. The van der Waals surface area contributed by atoms with Gasteiger partial charge in [-0.3, -0.25) is 4.79 Å². The number of nitrogens with zero attached hydrogens (tertiary/aromatic N) is 1. The molecule has 0 fully saturated rings. The van der Waals surface area contributed by atoms with Crippen LogP contribution in [0.15, 0.2) is 46.9 Å². The standard InChI is InChI=1S/C15H14BrNO2/c1-17(13-4-3-5-14(9-13)19-2)15-8-12(16)7-6-11(15)10-18/h3-10H,1-2H3. The first kappa shape index (κ1) is 13.6. The molecule has 2 aromatic carbocycles. The lowest BCUT2D eigenvalue weighted by atomic mass is 10.1. The Morgan fingerprint density at radius 1 is 1.21 bits per heavy atom. The topological polar surface area (TPSA) is 29.5 Å². The van der Waals surface area contributed by atoms with Gasteiger partial charge in [-0.15, -0.1) is 0 Å². The summed E-state index contributed by atoms with van der Waals surface area (Å²) in [5, 5.41) is 0. The number of anilines is 2. The molecule has 0 aliphatic carbocycles. The second-order valence-corrected chi connectivity index (χ2v) is 5.00. The van der Waals surface area contributed by atoms with Crippen molar-refractivity contribution in [3.63, 3.8) is 0 Å². The number of ether oxygens (including phenoxy) is 1. The molecule has 0 saturated heterocycles. The van der Waals surface area contributed by atoms with Gasteiger partial charge in [0.25, 0.3) is 0 Å². The molecule has 0 spiro atoms. The van der Waals surface area contributed by atoms with E-state index >= 15 is 0 Å². The molecular formula is C15H14BrNO2. The quantitative estimate of drug-likeness (QED) is 0.796. The third kappa shape index (κ3) is 2.96. The van der Waals surface area contributed by atoms with E-state index in [4.69, 9.17) is 4.74 Å². The van der Waals surface area contributed by atoms with Crippen molar-refractivity contribution in [1.82, 2.24) is 0 Å². The van der Waals surface area contributed by atoms with Crippen LogP contribution in [0, 0.1) is 0 Å². The number of carbonyl (C=O) groups excluding carboxylic acids is 1. The van der Waals surface area contributed by atoms with E-state index < -0.39 is 0 Å². The van der Waals surface area contributed by atoms with Crippen molar-refractivity contribution in [2.24, 2.45) is 0 Å². The van der Waals surface area contributed by atoms with Crippen LogP contribution >= 0.6 is 15.9 Å². The predicted molar refractivity (Wildman–Crippen MR) is 80.6 cm³/mol. The van der Waals surface area contributed by atoms with E-state index in [1.165, 1.54) is 0 Å². The molecule has 0 aromatic heterocycles. The van der Waals surface area contributed by atoms with Crippen molar-refractivity contribution in [1.29, 1.82) is 0 Å². The highest BCUT2D eigenvalue weighted by Gasteiger charge is 2.10. The Bertz CT molecular complexity index is 598. The van der Waals surface area contributed by atoms with Crippen molar-refractivity contribution in [2.75, 3.05) is 19.1 Å². The Labute approximate surface area is 120 Å². The number of halogens is 1. The summed E-state index contributed by atoms with van der Waals surface area (Å²) >= 11 is 3.43. The summed E-state index contributed by atoms with van der Waals surface area (Å²) in [6, 6.07) is 13.3. The number of rotatable bonds is 4. The van der Waals surface area contributed by atoms with Crippen LogP contribution in [-0.4, -0.2) is 20.4 Å². The molecule has 0 heterocycles. The minimum atomic E-state index is 0.647. The maximum Gasteiger partial charge on any atom is 0.152 e. The summed E-state index contributed by atoms with van der Waals surface area (Å²) in [5.41, 5.74) is 2.45. The number of hydrogen-bond donors (Lipinski definition) is 0. The van der Waals surface area contributed by atoms with Crippen LogP contribution in [0.25, 0.3) is 0 Å². The Balaban J connectivity index is 2.45. The van der Waals surface area contributed by atoms with Crippen LogP contribution in [0.5, 0.6) is 5.75 Å². The largest absolute Gasteiger partial charge is 0.497 e. The zero-order chi connectivity index (χ0) is 13.8. The number of carbonyl (C=O) groups is 1. The summed E-state index contributed by atoms with van der Waals surface area (Å²) in [6.45, 7) is 0. The first-order chi connectivity index (χ1) is 9.15. The summed E-state index contributed by atoms with van der Waals surface area (Å²) in [4.78, 5) is 13.1. The van der Waals surface area contributed by atoms with E-state index in [1.807, 2.05) is 48.3 Å². The normalized spacial score (nSPS) is 10.1. The SMILES string of the molecule is COc1cccc(N(C)c2cc(Br)ccc2C=O)c1. The van der Waals surface area contributed by atoms with Gasteiger partial charge < -0.3 is 9.64 Å². The highest BCUT2D eigenvalue weighted by molar-refractivity contribution is 9.10. The van der Waals surface area contributed by atoms with Crippen molar-refractivity contribution < 1.29 is 9.53 Å². The molecule has 0 unspecified atom stereocenters. The van der Waals surface area contributed by atoms with Gasteiger partial charge in [0, 0.05) is 28.8 Å². The van der Waals surface area contributed by atoms with Crippen molar-refractivity contribution >= 4 is 33.6 Å². The van der Waals surface area contributed by atoms with Gasteiger partial charge in [-0.25, -0.2) is 0 Å². The van der Waals surface area contributed by atoms with Crippen LogP contribution in [-0.2, 0) is 0 Å². The third-order valence-electron chi connectivity index (χ3n) is 2.92. The number of hydrogen-bond acceptors (Lipinski definition) is 3. The fraction of sp³-hybridized carbons (Fsp3) is 0.133. The van der Waals surface area contributed by atoms with Crippen LogP contribution in [0.2, 0.25) is 0 Å².